The number of aromatic amines is 2. The van der Waals surface area contributed by atoms with Crippen molar-refractivity contribution < 1.29 is 4.74 Å². The molecule has 0 saturated heterocycles. The number of hydrogen-bond donors (Lipinski definition) is 2. The largest absolute Gasteiger partial charge is 0.483 e. The van der Waals surface area contributed by atoms with E-state index in [9.17, 15) is 0 Å². The minimum atomic E-state index is 0.645. The van der Waals surface area contributed by atoms with Crippen LogP contribution in [0, 0.1) is 4.77 Å². The van der Waals surface area contributed by atoms with Gasteiger partial charge in [0.15, 0.2) is 4.77 Å². The molecule has 2 aromatic rings. The van der Waals surface area contributed by atoms with Crippen molar-refractivity contribution in [1.82, 2.24) is 9.97 Å². The Balaban J connectivity index is 1.89. The fraction of sp³-hybridized carbons (Fsp3) is 0.400. The third-order valence-corrected chi connectivity index (χ3v) is 4.19. The van der Waals surface area contributed by atoms with Gasteiger partial charge in [-0.25, -0.2) is 0 Å². The first-order valence-electron chi connectivity index (χ1n) is 6.82. The Morgan fingerprint density at radius 2 is 2.10 bits per heavy atom. The van der Waals surface area contributed by atoms with Gasteiger partial charge in [0.25, 0.3) is 0 Å². The Labute approximate surface area is 129 Å². The van der Waals surface area contributed by atoms with E-state index >= 15 is 0 Å². The molecule has 1 aromatic heterocycles. The van der Waals surface area contributed by atoms with E-state index in [1.165, 1.54) is 11.1 Å². The molecular formula is C15H20N2OS2. The Kier molecular flexibility index (Phi) is 5.73. The molecule has 5 heteroatoms. The second-order valence-corrected chi connectivity index (χ2v) is 5.82. The summed E-state index contributed by atoms with van der Waals surface area (Å²) < 4.78 is 6.58. The molecule has 0 saturated carbocycles. The highest BCUT2D eigenvalue weighted by Crippen LogP contribution is 2.25. The van der Waals surface area contributed by atoms with Gasteiger partial charge in [0.05, 0.1) is 0 Å². The average Bonchev–Trinajstić information content (AvgIpc) is 2.88. The number of H-pyrrole nitrogens is 2. The molecule has 0 aliphatic rings. The highest BCUT2D eigenvalue weighted by atomic mass is 32.2. The molecule has 0 aliphatic carbocycles. The molecule has 0 fully saturated rings. The normalized spacial score (nSPS) is 10.7. The number of rotatable bonds is 7. The fourth-order valence-corrected chi connectivity index (χ4v) is 3.04. The molecule has 108 valence electrons. The molecule has 0 spiro atoms. The Bertz CT molecular complexity index is 604. The van der Waals surface area contributed by atoms with E-state index in [2.05, 4.69) is 42.0 Å². The monoisotopic (exact) mass is 308 g/mol. The SMILES string of the molecule is CCc1cccc(OCSCc2c[nH]c(=S)[nH]2)c1CC. The second-order valence-electron chi connectivity index (χ2n) is 4.48. The third kappa shape index (κ3) is 3.90. The minimum Gasteiger partial charge on any atom is -0.483 e. The maximum Gasteiger partial charge on any atom is 0.174 e. The number of benzene rings is 1. The van der Waals surface area contributed by atoms with Gasteiger partial charge in [-0.2, -0.15) is 0 Å². The molecule has 1 aromatic carbocycles. The molecule has 1 heterocycles. The van der Waals surface area contributed by atoms with Crippen LogP contribution in [-0.2, 0) is 18.6 Å². The zero-order valence-electron chi connectivity index (χ0n) is 11.9. The van der Waals surface area contributed by atoms with Gasteiger partial charge in [-0.3, -0.25) is 0 Å². The molecule has 2 N–H and O–H groups in total. The molecule has 0 aliphatic heterocycles. The van der Waals surface area contributed by atoms with E-state index in [-0.39, 0.29) is 0 Å². The van der Waals surface area contributed by atoms with E-state index in [4.69, 9.17) is 17.0 Å². The topological polar surface area (TPSA) is 40.8 Å². The van der Waals surface area contributed by atoms with Gasteiger partial charge < -0.3 is 14.7 Å². The lowest BCUT2D eigenvalue weighted by Gasteiger charge is -2.13. The van der Waals surface area contributed by atoms with Crippen LogP contribution in [0.4, 0.5) is 0 Å². The van der Waals surface area contributed by atoms with Crippen LogP contribution in [0.15, 0.2) is 24.4 Å². The molecular weight excluding hydrogens is 288 g/mol. The van der Waals surface area contributed by atoms with Gasteiger partial charge in [-0.05, 0) is 42.3 Å². The van der Waals surface area contributed by atoms with Crippen molar-refractivity contribution in [2.24, 2.45) is 0 Å². The summed E-state index contributed by atoms with van der Waals surface area (Å²) in [6.45, 7) is 4.36. The number of imidazole rings is 1. The Morgan fingerprint density at radius 1 is 1.25 bits per heavy atom. The van der Waals surface area contributed by atoms with Crippen molar-refractivity contribution in [2.45, 2.75) is 32.4 Å². The summed E-state index contributed by atoms with van der Waals surface area (Å²) in [4.78, 5) is 6.06. The number of thioether (sulfide) groups is 1. The first-order valence-corrected chi connectivity index (χ1v) is 8.38. The van der Waals surface area contributed by atoms with Crippen molar-refractivity contribution in [3.63, 3.8) is 0 Å². The minimum absolute atomic E-state index is 0.645. The van der Waals surface area contributed by atoms with Crippen LogP contribution in [0.2, 0.25) is 0 Å². The second kappa shape index (κ2) is 7.55. The summed E-state index contributed by atoms with van der Waals surface area (Å²) in [5.41, 5.74) is 3.81. The van der Waals surface area contributed by atoms with E-state index in [0.29, 0.717) is 10.7 Å². The number of aryl methyl sites for hydroxylation is 1. The first-order chi connectivity index (χ1) is 9.74. The van der Waals surface area contributed by atoms with E-state index in [1.807, 2.05) is 6.20 Å². The average molecular weight is 308 g/mol. The van der Waals surface area contributed by atoms with Gasteiger partial charge in [0.1, 0.15) is 11.7 Å². The third-order valence-electron chi connectivity index (χ3n) is 3.17. The standard InChI is InChI=1S/C15H20N2OS2/c1-3-11-6-5-7-14(13(11)4-2)18-10-20-9-12-8-16-15(19)17-12/h5-8H,3-4,9-10H2,1-2H3,(H2,16,17,19). The van der Waals surface area contributed by atoms with Gasteiger partial charge in [0.2, 0.25) is 0 Å². The van der Waals surface area contributed by atoms with Crippen molar-refractivity contribution >= 4 is 24.0 Å². The Morgan fingerprint density at radius 3 is 2.75 bits per heavy atom. The van der Waals surface area contributed by atoms with Crippen LogP contribution >= 0.6 is 24.0 Å². The van der Waals surface area contributed by atoms with Crippen LogP contribution in [-0.4, -0.2) is 15.9 Å². The van der Waals surface area contributed by atoms with Crippen LogP contribution in [0.25, 0.3) is 0 Å². The Hall–Kier alpha value is -1.20. The lowest BCUT2D eigenvalue weighted by atomic mass is 10.0. The molecule has 0 atom stereocenters. The lowest BCUT2D eigenvalue weighted by Crippen LogP contribution is -2.00. The van der Waals surface area contributed by atoms with Gasteiger partial charge >= 0.3 is 0 Å². The van der Waals surface area contributed by atoms with Gasteiger partial charge in [-0.1, -0.05) is 26.0 Å². The van der Waals surface area contributed by atoms with Crippen LogP contribution in [0.5, 0.6) is 5.75 Å². The fourth-order valence-electron chi connectivity index (χ4n) is 2.18. The number of aromatic nitrogens is 2. The summed E-state index contributed by atoms with van der Waals surface area (Å²) in [5, 5.41) is 0. The maximum atomic E-state index is 5.91. The zero-order chi connectivity index (χ0) is 14.4. The van der Waals surface area contributed by atoms with Crippen LogP contribution < -0.4 is 4.74 Å². The highest BCUT2D eigenvalue weighted by Gasteiger charge is 2.06. The molecule has 0 bridgehead atoms. The summed E-state index contributed by atoms with van der Waals surface area (Å²) in [6, 6.07) is 6.31. The van der Waals surface area contributed by atoms with Crippen molar-refractivity contribution in [3.8, 4) is 5.75 Å². The lowest BCUT2D eigenvalue weighted by molar-refractivity contribution is 0.388. The summed E-state index contributed by atoms with van der Waals surface area (Å²) in [5.74, 6) is 2.52. The quantitative estimate of drug-likeness (QED) is 0.450. The maximum absolute atomic E-state index is 5.91. The molecule has 2 rings (SSSR count). The van der Waals surface area contributed by atoms with Gasteiger partial charge in [-0.15, -0.1) is 11.8 Å². The predicted molar refractivity (Wildman–Crippen MR) is 88.0 cm³/mol. The predicted octanol–water partition coefficient (Wildman–Crippen LogP) is 4.47. The van der Waals surface area contributed by atoms with Crippen molar-refractivity contribution in [1.29, 1.82) is 0 Å². The van der Waals surface area contributed by atoms with Crippen LogP contribution in [0.1, 0.15) is 30.7 Å². The molecule has 3 nitrogen and oxygen atoms in total. The summed E-state index contributed by atoms with van der Waals surface area (Å²) in [7, 11) is 0. The molecule has 0 radical (unpaired) electrons. The number of hydrogen-bond acceptors (Lipinski definition) is 3. The number of nitrogens with one attached hydrogen (secondary N) is 2. The number of ether oxygens (including phenoxy) is 1. The van der Waals surface area contributed by atoms with Crippen molar-refractivity contribution in [3.05, 3.63) is 46.0 Å². The van der Waals surface area contributed by atoms with Crippen molar-refractivity contribution in [2.75, 3.05) is 5.94 Å². The molecule has 20 heavy (non-hydrogen) atoms. The molecule has 0 amide bonds. The smallest absolute Gasteiger partial charge is 0.174 e. The summed E-state index contributed by atoms with van der Waals surface area (Å²) >= 11 is 6.72. The van der Waals surface area contributed by atoms with Gasteiger partial charge in [0, 0.05) is 17.6 Å². The van der Waals surface area contributed by atoms with E-state index in [0.717, 1.165) is 30.0 Å². The zero-order valence-corrected chi connectivity index (χ0v) is 13.5. The first kappa shape index (κ1) is 15.2. The highest BCUT2D eigenvalue weighted by molar-refractivity contribution is 7.98. The summed E-state index contributed by atoms with van der Waals surface area (Å²) in [6.07, 6.45) is 3.97. The van der Waals surface area contributed by atoms with E-state index < -0.39 is 0 Å². The van der Waals surface area contributed by atoms with E-state index in [1.54, 1.807) is 11.8 Å². The molecule has 0 unspecified atom stereocenters. The van der Waals surface area contributed by atoms with Crippen LogP contribution in [0.3, 0.4) is 0 Å².